The molecule has 0 unspecified atom stereocenters. The summed E-state index contributed by atoms with van der Waals surface area (Å²) in [6, 6.07) is 3.91. The third-order valence-corrected chi connectivity index (χ3v) is 4.01. The Morgan fingerprint density at radius 3 is 1.55 bits per heavy atom. The van der Waals surface area contributed by atoms with E-state index in [0.29, 0.717) is 12.2 Å². The molecule has 0 bridgehead atoms. The van der Waals surface area contributed by atoms with E-state index in [1.807, 2.05) is 12.1 Å². The van der Waals surface area contributed by atoms with E-state index >= 15 is 0 Å². The highest BCUT2D eigenvalue weighted by atomic mass is 16.4. The Hall–Kier alpha value is -1.51. The summed E-state index contributed by atoms with van der Waals surface area (Å²) in [6.45, 7) is 15.8. The zero-order valence-electron chi connectivity index (χ0n) is 15.2. The summed E-state index contributed by atoms with van der Waals surface area (Å²) in [6.07, 6.45) is 0.439. The third-order valence-electron chi connectivity index (χ3n) is 4.01. The van der Waals surface area contributed by atoms with E-state index in [-0.39, 0.29) is 10.8 Å². The van der Waals surface area contributed by atoms with E-state index in [4.69, 9.17) is 0 Å². The van der Waals surface area contributed by atoms with Crippen LogP contribution in [0.25, 0.3) is 0 Å². The van der Waals surface area contributed by atoms with Crippen molar-refractivity contribution < 1.29 is 15.0 Å². The van der Waals surface area contributed by atoms with Crippen LogP contribution < -0.4 is 0 Å². The monoisotopic (exact) mass is 306 g/mol. The zero-order valence-corrected chi connectivity index (χ0v) is 15.2. The molecule has 0 radical (unpaired) electrons. The van der Waals surface area contributed by atoms with E-state index < -0.39 is 11.4 Å². The van der Waals surface area contributed by atoms with Crippen LogP contribution in [0, 0.1) is 5.41 Å². The maximum absolute atomic E-state index is 11.4. The molecule has 0 atom stereocenters. The number of rotatable bonds is 3. The number of benzene rings is 1. The summed E-state index contributed by atoms with van der Waals surface area (Å²) in [5.41, 5.74) is 1.47. The van der Waals surface area contributed by atoms with Crippen molar-refractivity contribution >= 4 is 5.97 Å². The molecule has 22 heavy (non-hydrogen) atoms. The topological polar surface area (TPSA) is 57.5 Å². The Labute approximate surface area is 134 Å². The minimum Gasteiger partial charge on any atom is -0.507 e. The Morgan fingerprint density at radius 1 is 0.909 bits per heavy atom. The van der Waals surface area contributed by atoms with E-state index in [2.05, 4.69) is 41.5 Å². The lowest BCUT2D eigenvalue weighted by Gasteiger charge is -2.29. The maximum atomic E-state index is 11.4. The lowest BCUT2D eigenvalue weighted by Crippen LogP contribution is -2.27. The average molecular weight is 306 g/mol. The minimum atomic E-state index is -0.832. The summed E-state index contributed by atoms with van der Waals surface area (Å²) in [7, 11) is 0. The van der Waals surface area contributed by atoms with Gasteiger partial charge in [-0.1, -0.05) is 53.7 Å². The van der Waals surface area contributed by atoms with Crippen molar-refractivity contribution in [1.82, 2.24) is 0 Å². The third kappa shape index (κ3) is 4.02. The van der Waals surface area contributed by atoms with Gasteiger partial charge in [-0.25, -0.2) is 0 Å². The van der Waals surface area contributed by atoms with Crippen LogP contribution in [-0.4, -0.2) is 16.2 Å². The molecule has 0 fully saturated rings. The average Bonchev–Trinajstić information content (AvgIpc) is 2.27. The number of phenols is 1. The summed E-state index contributed by atoms with van der Waals surface area (Å²) in [5.74, 6) is -0.480. The molecule has 0 saturated carbocycles. The lowest BCUT2D eigenvalue weighted by molar-refractivity contribution is -0.146. The number of aromatic hydroxyl groups is 1. The van der Waals surface area contributed by atoms with Gasteiger partial charge in [-0.3, -0.25) is 4.79 Å². The van der Waals surface area contributed by atoms with Gasteiger partial charge in [-0.05, 0) is 47.8 Å². The second-order valence-corrected chi connectivity index (χ2v) is 8.91. The SMILES string of the molecule is CC(C)(Cc1cc(C(C)(C)C)c(O)c(C(C)(C)C)c1)C(=O)O. The highest BCUT2D eigenvalue weighted by Gasteiger charge is 2.31. The fourth-order valence-corrected chi connectivity index (χ4v) is 2.53. The van der Waals surface area contributed by atoms with Gasteiger partial charge in [0.2, 0.25) is 0 Å². The normalized spacial score (nSPS) is 13.3. The number of aliphatic carboxylic acids is 1. The van der Waals surface area contributed by atoms with Crippen LogP contribution in [0.4, 0.5) is 0 Å². The van der Waals surface area contributed by atoms with Crippen molar-refractivity contribution in [1.29, 1.82) is 0 Å². The highest BCUT2D eigenvalue weighted by molar-refractivity contribution is 5.74. The molecule has 1 aromatic rings. The Morgan fingerprint density at radius 2 is 1.27 bits per heavy atom. The number of hydrogen-bond acceptors (Lipinski definition) is 2. The van der Waals surface area contributed by atoms with Crippen molar-refractivity contribution in [3.63, 3.8) is 0 Å². The van der Waals surface area contributed by atoms with Crippen LogP contribution in [0.2, 0.25) is 0 Å². The van der Waals surface area contributed by atoms with Gasteiger partial charge < -0.3 is 10.2 Å². The molecule has 0 aliphatic heterocycles. The van der Waals surface area contributed by atoms with Gasteiger partial charge in [-0.2, -0.15) is 0 Å². The first-order chi connectivity index (χ1) is 9.66. The fraction of sp³-hybridized carbons (Fsp3) is 0.632. The quantitative estimate of drug-likeness (QED) is 0.855. The summed E-state index contributed by atoms with van der Waals surface area (Å²) in [4.78, 5) is 11.4. The molecule has 3 heteroatoms. The van der Waals surface area contributed by atoms with Crippen molar-refractivity contribution in [3.05, 3.63) is 28.8 Å². The molecule has 0 saturated heterocycles. The van der Waals surface area contributed by atoms with Crippen molar-refractivity contribution in [3.8, 4) is 5.75 Å². The number of carboxylic acids is 1. The van der Waals surface area contributed by atoms with Crippen LogP contribution in [-0.2, 0) is 22.0 Å². The number of phenolic OH excluding ortho intramolecular Hbond substituents is 1. The second kappa shape index (κ2) is 5.60. The van der Waals surface area contributed by atoms with Gasteiger partial charge in [-0.15, -0.1) is 0 Å². The highest BCUT2D eigenvalue weighted by Crippen LogP contribution is 2.40. The molecule has 0 heterocycles. The number of carbonyl (C=O) groups is 1. The molecule has 0 aliphatic rings. The van der Waals surface area contributed by atoms with Crippen molar-refractivity contribution in [2.24, 2.45) is 5.41 Å². The van der Waals surface area contributed by atoms with Crippen LogP contribution in [0.3, 0.4) is 0 Å². The Bertz CT molecular complexity index is 534. The molecule has 0 amide bonds. The molecule has 124 valence electrons. The first-order valence-corrected chi connectivity index (χ1v) is 7.76. The summed E-state index contributed by atoms with van der Waals surface area (Å²) < 4.78 is 0. The Balaban J connectivity index is 3.52. The van der Waals surface area contributed by atoms with Crippen LogP contribution in [0.5, 0.6) is 5.75 Å². The van der Waals surface area contributed by atoms with Crippen LogP contribution in [0.15, 0.2) is 12.1 Å². The van der Waals surface area contributed by atoms with Gasteiger partial charge in [0.25, 0.3) is 0 Å². The molecule has 3 nitrogen and oxygen atoms in total. The van der Waals surface area contributed by atoms with E-state index in [1.165, 1.54) is 0 Å². The maximum Gasteiger partial charge on any atom is 0.309 e. The van der Waals surface area contributed by atoms with Gasteiger partial charge in [0.1, 0.15) is 5.75 Å². The molecular weight excluding hydrogens is 276 g/mol. The summed E-state index contributed by atoms with van der Waals surface area (Å²) in [5, 5.41) is 20.0. The van der Waals surface area contributed by atoms with E-state index in [1.54, 1.807) is 13.8 Å². The van der Waals surface area contributed by atoms with Gasteiger partial charge in [0, 0.05) is 0 Å². The standard InChI is InChI=1S/C19H30O3/c1-17(2,3)13-9-12(11-19(7,8)16(21)22)10-14(15(13)20)18(4,5)6/h9-10,20H,11H2,1-8H3,(H,21,22). The van der Waals surface area contributed by atoms with Gasteiger partial charge >= 0.3 is 5.97 Å². The predicted molar refractivity (Wildman–Crippen MR) is 90.6 cm³/mol. The second-order valence-electron chi connectivity index (χ2n) is 8.91. The first kappa shape index (κ1) is 18.5. The minimum absolute atomic E-state index is 0.201. The predicted octanol–water partition coefficient (Wildman–Crippen LogP) is 4.64. The number of hydrogen-bond donors (Lipinski definition) is 2. The largest absolute Gasteiger partial charge is 0.507 e. The molecule has 1 rings (SSSR count). The lowest BCUT2D eigenvalue weighted by atomic mass is 9.76. The number of carboxylic acid groups (broad SMARTS) is 1. The zero-order chi connectivity index (χ0) is 17.5. The molecule has 1 aromatic carbocycles. The fourth-order valence-electron chi connectivity index (χ4n) is 2.53. The smallest absolute Gasteiger partial charge is 0.309 e. The van der Waals surface area contributed by atoms with Crippen molar-refractivity contribution in [2.75, 3.05) is 0 Å². The van der Waals surface area contributed by atoms with Gasteiger partial charge in [0.15, 0.2) is 0 Å². The van der Waals surface area contributed by atoms with Crippen LogP contribution >= 0.6 is 0 Å². The Kier molecular flexibility index (Phi) is 4.72. The molecule has 0 aliphatic carbocycles. The van der Waals surface area contributed by atoms with E-state index in [9.17, 15) is 15.0 Å². The van der Waals surface area contributed by atoms with Crippen LogP contribution in [0.1, 0.15) is 72.1 Å². The van der Waals surface area contributed by atoms with Gasteiger partial charge in [0.05, 0.1) is 5.41 Å². The molecule has 0 spiro atoms. The molecule has 2 N–H and O–H groups in total. The summed E-state index contributed by atoms with van der Waals surface area (Å²) >= 11 is 0. The van der Waals surface area contributed by atoms with E-state index in [0.717, 1.165) is 16.7 Å². The molecular formula is C19H30O3. The van der Waals surface area contributed by atoms with Crippen molar-refractivity contribution in [2.45, 2.75) is 72.6 Å². The first-order valence-electron chi connectivity index (χ1n) is 7.76. The molecule has 0 aromatic heterocycles.